The van der Waals surface area contributed by atoms with Crippen LogP contribution in [0.25, 0.3) is 0 Å². The van der Waals surface area contributed by atoms with Crippen molar-refractivity contribution in [2.75, 3.05) is 79.2 Å². The number of hydrogen-bond acceptors (Lipinski definition) is 6. The Kier molecular flexibility index (Phi) is 13.0. The standard InChI is InChI=1S/C11H23N3O2.C11H22N2O2/c1-10(2)13-4-6-14(7-5-13)11(16)12(3)8-9-15;1-10(2)12-5-7-13(8-6-12)11(15)4-3-9-14/h10,15H,4-9H2,1-3H3;10,14H,3-9H2,1-2H3. The Morgan fingerprint density at radius 2 is 1.23 bits per heavy atom. The topological polar surface area (TPSA) is 90.8 Å². The molecule has 0 aromatic rings. The van der Waals surface area contributed by atoms with Crippen LogP contribution in [0.1, 0.15) is 40.5 Å². The summed E-state index contributed by atoms with van der Waals surface area (Å²) in [5.74, 6) is 0.187. The van der Waals surface area contributed by atoms with Gasteiger partial charge in [0.15, 0.2) is 0 Å². The molecule has 2 heterocycles. The second-order valence-electron chi connectivity index (χ2n) is 8.88. The highest BCUT2D eigenvalue weighted by atomic mass is 16.3. The number of rotatable bonds is 7. The maximum absolute atomic E-state index is 11.9. The van der Waals surface area contributed by atoms with E-state index in [2.05, 4.69) is 37.5 Å². The van der Waals surface area contributed by atoms with Crippen LogP contribution in [0.15, 0.2) is 0 Å². The molecule has 0 spiro atoms. The summed E-state index contributed by atoms with van der Waals surface area (Å²) in [5, 5.41) is 17.4. The van der Waals surface area contributed by atoms with E-state index in [4.69, 9.17) is 10.2 Å². The minimum Gasteiger partial charge on any atom is -0.396 e. The SMILES string of the molecule is CC(C)N1CCN(C(=O)CCCO)CC1.CC(C)N1CCN(C(=O)N(C)CCO)CC1. The lowest BCUT2D eigenvalue weighted by Gasteiger charge is -2.38. The Labute approximate surface area is 188 Å². The van der Waals surface area contributed by atoms with Crippen LogP contribution in [0.2, 0.25) is 0 Å². The predicted octanol–water partition coefficient (Wildman–Crippen LogP) is 0.368. The van der Waals surface area contributed by atoms with Gasteiger partial charge in [-0.25, -0.2) is 4.79 Å². The largest absolute Gasteiger partial charge is 0.396 e. The summed E-state index contributed by atoms with van der Waals surface area (Å²) in [4.78, 5) is 33.6. The molecule has 2 fully saturated rings. The van der Waals surface area contributed by atoms with Gasteiger partial charge in [0.2, 0.25) is 5.91 Å². The molecule has 31 heavy (non-hydrogen) atoms. The van der Waals surface area contributed by atoms with Crippen molar-refractivity contribution in [2.24, 2.45) is 0 Å². The first-order valence-corrected chi connectivity index (χ1v) is 11.7. The van der Waals surface area contributed by atoms with Gasteiger partial charge in [0, 0.05) is 91.1 Å². The highest BCUT2D eigenvalue weighted by Crippen LogP contribution is 2.08. The average molecular weight is 444 g/mol. The number of nitrogens with zero attached hydrogens (tertiary/aromatic N) is 5. The molecular weight excluding hydrogens is 398 g/mol. The van der Waals surface area contributed by atoms with Gasteiger partial charge in [0.25, 0.3) is 0 Å². The lowest BCUT2D eigenvalue weighted by atomic mass is 10.2. The molecule has 2 saturated heterocycles. The van der Waals surface area contributed by atoms with Crippen molar-refractivity contribution in [1.29, 1.82) is 0 Å². The summed E-state index contributed by atoms with van der Waals surface area (Å²) in [6.07, 6.45) is 1.07. The molecular formula is C22H45N5O4. The fourth-order valence-corrected chi connectivity index (χ4v) is 3.79. The van der Waals surface area contributed by atoms with Gasteiger partial charge >= 0.3 is 6.03 Å². The highest BCUT2D eigenvalue weighted by Gasteiger charge is 2.24. The van der Waals surface area contributed by atoms with Crippen molar-refractivity contribution in [3.8, 4) is 0 Å². The fourth-order valence-electron chi connectivity index (χ4n) is 3.79. The first-order valence-electron chi connectivity index (χ1n) is 11.7. The Balaban J connectivity index is 0.000000311. The van der Waals surface area contributed by atoms with Gasteiger partial charge in [-0.2, -0.15) is 0 Å². The quantitative estimate of drug-likeness (QED) is 0.591. The third-order valence-electron chi connectivity index (χ3n) is 6.02. The van der Waals surface area contributed by atoms with Crippen LogP contribution < -0.4 is 0 Å². The molecule has 3 amide bonds. The van der Waals surface area contributed by atoms with Crippen molar-refractivity contribution >= 4 is 11.9 Å². The molecule has 9 nitrogen and oxygen atoms in total. The lowest BCUT2D eigenvalue weighted by Crippen LogP contribution is -2.53. The molecule has 2 aliphatic heterocycles. The van der Waals surface area contributed by atoms with E-state index >= 15 is 0 Å². The first kappa shape index (κ1) is 27.6. The molecule has 2 N–H and O–H groups in total. The molecule has 2 rings (SSSR count). The van der Waals surface area contributed by atoms with Gasteiger partial charge in [0.1, 0.15) is 0 Å². The Morgan fingerprint density at radius 3 is 1.61 bits per heavy atom. The van der Waals surface area contributed by atoms with E-state index in [1.54, 1.807) is 11.9 Å². The summed E-state index contributed by atoms with van der Waals surface area (Å²) < 4.78 is 0. The molecule has 0 unspecified atom stereocenters. The molecule has 2 aliphatic rings. The summed E-state index contributed by atoms with van der Waals surface area (Å²) in [6.45, 7) is 16.3. The summed E-state index contributed by atoms with van der Waals surface area (Å²) >= 11 is 0. The van der Waals surface area contributed by atoms with E-state index in [0.717, 1.165) is 52.4 Å². The number of aliphatic hydroxyl groups excluding tert-OH is 2. The summed E-state index contributed by atoms with van der Waals surface area (Å²) in [6, 6.07) is 1.14. The van der Waals surface area contributed by atoms with Crippen molar-refractivity contribution < 1.29 is 19.8 Å². The Morgan fingerprint density at radius 1 is 0.774 bits per heavy atom. The van der Waals surface area contributed by atoms with E-state index in [0.29, 0.717) is 31.5 Å². The second kappa shape index (κ2) is 14.6. The summed E-state index contributed by atoms with van der Waals surface area (Å²) in [7, 11) is 1.73. The number of carbonyl (C=O) groups excluding carboxylic acids is 2. The Hall–Kier alpha value is -1.42. The summed E-state index contributed by atoms with van der Waals surface area (Å²) in [5.41, 5.74) is 0. The zero-order valence-electron chi connectivity index (χ0n) is 20.3. The fraction of sp³-hybridized carbons (Fsp3) is 0.909. The van der Waals surface area contributed by atoms with E-state index in [1.165, 1.54) is 0 Å². The number of urea groups is 1. The molecule has 0 saturated carbocycles. The number of amides is 3. The van der Waals surface area contributed by atoms with Crippen LogP contribution in [-0.4, -0.2) is 138 Å². The van der Waals surface area contributed by atoms with Gasteiger partial charge in [0.05, 0.1) is 6.61 Å². The van der Waals surface area contributed by atoms with Crippen molar-refractivity contribution in [2.45, 2.75) is 52.6 Å². The number of carbonyl (C=O) groups is 2. The van der Waals surface area contributed by atoms with Crippen LogP contribution in [-0.2, 0) is 4.79 Å². The minimum atomic E-state index is 0.0220. The van der Waals surface area contributed by atoms with Crippen molar-refractivity contribution in [1.82, 2.24) is 24.5 Å². The van der Waals surface area contributed by atoms with Crippen molar-refractivity contribution in [3.63, 3.8) is 0 Å². The molecule has 0 radical (unpaired) electrons. The molecule has 0 atom stereocenters. The Bertz CT molecular complexity index is 516. The smallest absolute Gasteiger partial charge is 0.319 e. The molecule has 0 bridgehead atoms. The molecule has 0 aromatic carbocycles. The highest BCUT2D eigenvalue weighted by molar-refractivity contribution is 5.76. The van der Waals surface area contributed by atoms with E-state index in [1.807, 2.05) is 9.80 Å². The normalized spacial score (nSPS) is 18.2. The van der Waals surface area contributed by atoms with Crippen LogP contribution >= 0.6 is 0 Å². The van der Waals surface area contributed by atoms with Gasteiger partial charge in [-0.3, -0.25) is 14.6 Å². The first-order chi connectivity index (χ1) is 14.7. The number of hydrogen-bond donors (Lipinski definition) is 2. The third-order valence-corrected chi connectivity index (χ3v) is 6.02. The predicted molar refractivity (Wildman–Crippen MR) is 123 cm³/mol. The lowest BCUT2D eigenvalue weighted by molar-refractivity contribution is -0.133. The maximum Gasteiger partial charge on any atom is 0.319 e. The second-order valence-corrected chi connectivity index (χ2v) is 8.88. The van der Waals surface area contributed by atoms with Crippen LogP contribution in [0.3, 0.4) is 0 Å². The van der Waals surface area contributed by atoms with Crippen LogP contribution in [0.4, 0.5) is 4.79 Å². The molecule has 0 aliphatic carbocycles. The molecule has 182 valence electrons. The molecule has 9 heteroatoms. The van der Waals surface area contributed by atoms with Gasteiger partial charge in [-0.1, -0.05) is 0 Å². The average Bonchev–Trinajstić information content (AvgIpc) is 2.77. The number of likely N-dealkylation sites (N-methyl/N-ethyl adjacent to an activating group) is 1. The van der Waals surface area contributed by atoms with Gasteiger partial charge < -0.3 is 24.9 Å². The number of aliphatic hydroxyl groups is 2. The third kappa shape index (κ3) is 9.72. The molecule has 0 aromatic heterocycles. The van der Waals surface area contributed by atoms with Crippen molar-refractivity contribution in [3.05, 3.63) is 0 Å². The van der Waals surface area contributed by atoms with Gasteiger partial charge in [-0.05, 0) is 34.1 Å². The zero-order chi connectivity index (χ0) is 23.4. The van der Waals surface area contributed by atoms with E-state index in [-0.39, 0.29) is 25.2 Å². The van der Waals surface area contributed by atoms with Crippen LogP contribution in [0.5, 0.6) is 0 Å². The van der Waals surface area contributed by atoms with Crippen LogP contribution in [0, 0.1) is 0 Å². The van der Waals surface area contributed by atoms with E-state index < -0.39 is 0 Å². The zero-order valence-corrected chi connectivity index (χ0v) is 20.3. The van der Waals surface area contributed by atoms with Gasteiger partial charge in [-0.15, -0.1) is 0 Å². The minimum absolute atomic E-state index is 0.0220. The maximum atomic E-state index is 11.9. The number of piperazine rings is 2. The van der Waals surface area contributed by atoms with E-state index in [9.17, 15) is 9.59 Å². The monoisotopic (exact) mass is 443 g/mol.